The molecule has 1 heterocycles. The number of ether oxygens (including phenoxy) is 1. The van der Waals surface area contributed by atoms with Crippen molar-refractivity contribution >= 4 is 28.9 Å². The van der Waals surface area contributed by atoms with Crippen molar-refractivity contribution in [2.75, 3.05) is 30.8 Å². The van der Waals surface area contributed by atoms with E-state index >= 15 is 0 Å². The number of methoxy groups -OCH3 is 1. The van der Waals surface area contributed by atoms with Crippen molar-refractivity contribution < 1.29 is 13.9 Å². The van der Waals surface area contributed by atoms with Crippen molar-refractivity contribution in [1.82, 2.24) is 5.32 Å². The fraction of sp³-hybridized carbons (Fsp3) is 0.316. The Bertz CT molecular complexity index is 814. The van der Waals surface area contributed by atoms with Gasteiger partial charge in [-0.05, 0) is 48.4 Å². The third-order valence-corrected chi connectivity index (χ3v) is 4.55. The highest BCUT2D eigenvalue weighted by molar-refractivity contribution is 6.30. The van der Waals surface area contributed by atoms with Crippen molar-refractivity contribution in [3.8, 4) is 5.75 Å². The number of carbonyl (C=O) groups is 1. The Morgan fingerprint density at radius 2 is 2.15 bits per heavy atom. The van der Waals surface area contributed by atoms with E-state index < -0.39 is 0 Å². The van der Waals surface area contributed by atoms with E-state index in [0.717, 1.165) is 12.1 Å². The van der Waals surface area contributed by atoms with Crippen molar-refractivity contribution in [2.24, 2.45) is 0 Å². The Kier molecular flexibility index (Phi) is 5.96. The van der Waals surface area contributed by atoms with E-state index in [9.17, 15) is 9.18 Å². The van der Waals surface area contributed by atoms with E-state index in [2.05, 4.69) is 16.0 Å². The van der Waals surface area contributed by atoms with E-state index in [1.165, 1.54) is 0 Å². The highest BCUT2D eigenvalue weighted by Crippen LogP contribution is 2.28. The highest BCUT2D eigenvalue weighted by atomic mass is 35.5. The first-order valence-electron chi connectivity index (χ1n) is 8.46. The molecule has 1 amide bonds. The van der Waals surface area contributed by atoms with Crippen LogP contribution < -0.4 is 20.7 Å². The smallest absolute Gasteiger partial charge is 0.226 e. The molecule has 0 saturated carbocycles. The zero-order valence-corrected chi connectivity index (χ0v) is 15.3. The molecule has 26 heavy (non-hydrogen) atoms. The lowest BCUT2D eigenvalue weighted by Gasteiger charge is -2.19. The van der Waals surface area contributed by atoms with Crippen LogP contribution in [0, 0.1) is 5.82 Å². The summed E-state index contributed by atoms with van der Waals surface area (Å²) >= 11 is 5.98. The van der Waals surface area contributed by atoms with Crippen LogP contribution in [0.4, 0.5) is 15.8 Å². The van der Waals surface area contributed by atoms with Crippen LogP contribution in [-0.2, 0) is 17.8 Å². The van der Waals surface area contributed by atoms with Crippen LogP contribution in [0.15, 0.2) is 30.3 Å². The summed E-state index contributed by atoms with van der Waals surface area (Å²) in [7, 11) is 1.56. The van der Waals surface area contributed by atoms with Crippen LogP contribution in [0.1, 0.15) is 17.5 Å². The molecule has 2 aromatic carbocycles. The van der Waals surface area contributed by atoms with Gasteiger partial charge in [-0.3, -0.25) is 4.79 Å². The van der Waals surface area contributed by atoms with Gasteiger partial charge in [-0.2, -0.15) is 0 Å². The number of fused-ring (bicyclic) bond motifs is 1. The summed E-state index contributed by atoms with van der Waals surface area (Å²) in [6.07, 6.45) is 0.814. The van der Waals surface area contributed by atoms with E-state index in [1.54, 1.807) is 31.4 Å². The predicted molar refractivity (Wildman–Crippen MR) is 102 cm³/mol. The summed E-state index contributed by atoms with van der Waals surface area (Å²) in [5.41, 5.74) is 2.57. The molecule has 0 spiro atoms. The molecule has 1 aliphatic rings. The number of halogens is 2. The molecule has 0 bridgehead atoms. The molecule has 0 saturated heterocycles. The molecule has 3 N–H and O–H groups in total. The number of amides is 1. The molecular weight excluding hydrogens is 357 g/mol. The third-order valence-electron chi connectivity index (χ3n) is 4.31. The maximum Gasteiger partial charge on any atom is 0.226 e. The summed E-state index contributed by atoms with van der Waals surface area (Å²) in [5, 5.41) is 9.54. The number of carbonyl (C=O) groups excluding carboxylic acids is 1. The second-order valence-corrected chi connectivity index (χ2v) is 6.50. The summed E-state index contributed by atoms with van der Waals surface area (Å²) in [5.74, 6) is 0.0530. The minimum atomic E-state index is -0.332. The van der Waals surface area contributed by atoms with Crippen molar-refractivity contribution in [2.45, 2.75) is 19.4 Å². The Labute approximate surface area is 156 Å². The number of anilines is 2. The van der Waals surface area contributed by atoms with Crippen molar-refractivity contribution in [3.63, 3.8) is 0 Å². The molecule has 1 aliphatic heterocycles. The van der Waals surface area contributed by atoms with Gasteiger partial charge >= 0.3 is 0 Å². The normalized spacial score (nSPS) is 13.0. The van der Waals surface area contributed by atoms with Gasteiger partial charge in [-0.15, -0.1) is 0 Å². The molecule has 7 heteroatoms. The fourth-order valence-electron chi connectivity index (χ4n) is 2.97. The first kappa shape index (κ1) is 18.5. The monoisotopic (exact) mass is 377 g/mol. The van der Waals surface area contributed by atoms with E-state index in [-0.39, 0.29) is 23.8 Å². The highest BCUT2D eigenvalue weighted by Gasteiger charge is 2.17. The van der Waals surface area contributed by atoms with Crippen LogP contribution in [0.25, 0.3) is 0 Å². The van der Waals surface area contributed by atoms with Gasteiger partial charge in [0, 0.05) is 24.5 Å². The third kappa shape index (κ3) is 4.26. The van der Waals surface area contributed by atoms with E-state index in [0.29, 0.717) is 41.5 Å². The van der Waals surface area contributed by atoms with Crippen LogP contribution in [-0.4, -0.2) is 26.1 Å². The second-order valence-electron chi connectivity index (χ2n) is 6.06. The van der Waals surface area contributed by atoms with E-state index in [4.69, 9.17) is 16.3 Å². The Balaban J connectivity index is 1.57. The maximum absolute atomic E-state index is 14.6. The van der Waals surface area contributed by atoms with Gasteiger partial charge in [0.05, 0.1) is 18.5 Å². The van der Waals surface area contributed by atoms with Gasteiger partial charge in [0.25, 0.3) is 0 Å². The number of hydrogen-bond acceptors (Lipinski definition) is 4. The van der Waals surface area contributed by atoms with Gasteiger partial charge in [-0.25, -0.2) is 4.39 Å². The molecule has 0 unspecified atom stereocenters. The molecule has 0 radical (unpaired) electrons. The number of nitrogens with one attached hydrogen (secondary N) is 3. The molecule has 0 atom stereocenters. The van der Waals surface area contributed by atoms with Crippen LogP contribution in [0.3, 0.4) is 0 Å². The quantitative estimate of drug-likeness (QED) is 0.720. The average molecular weight is 378 g/mol. The first-order chi connectivity index (χ1) is 12.6. The van der Waals surface area contributed by atoms with Crippen LogP contribution in [0.5, 0.6) is 5.75 Å². The minimum absolute atomic E-state index is 0.188. The lowest BCUT2D eigenvalue weighted by Crippen LogP contribution is -2.25. The average Bonchev–Trinajstić information content (AvgIpc) is 2.64. The zero-order chi connectivity index (χ0) is 18.5. The molecule has 2 aromatic rings. The Hall–Kier alpha value is -2.31. The lowest BCUT2D eigenvalue weighted by molar-refractivity contribution is -0.116. The second kappa shape index (κ2) is 8.38. The summed E-state index contributed by atoms with van der Waals surface area (Å²) in [6, 6.07) is 8.69. The van der Waals surface area contributed by atoms with Crippen LogP contribution >= 0.6 is 11.6 Å². The topological polar surface area (TPSA) is 62.4 Å². The predicted octanol–water partition coefficient (Wildman–Crippen LogP) is 3.57. The number of benzene rings is 2. The Morgan fingerprint density at radius 1 is 1.31 bits per heavy atom. The zero-order valence-electron chi connectivity index (χ0n) is 14.5. The van der Waals surface area contributed by atoms with Gasteiger partial charge in [0.1, 0.15) is 11.6 Å². The first-order valence-corrected chi connectivity index (χ1v) is 8.84. The molecule has 5 nitrogen and oxygen atoms in total. The number of hydrogen-bond donors (Lipinski definition) is 3. The number of rotatable bonds is 6. The molecule has 3 rings (SSSR count). The van der Waals surface area contributed by atoms with Gasteiger partial charge in [0.2, 0.25) is 5.91 Å². The molecule has 0 aromatic heterocycles. The van der Waals surface area contributed by atoms with Crippen LogP contribution in [0.2, 0.25) is 5.02 Å². The van der Waals surface area contributed by atoms with Gasteiger partial charge in [-0.1, -0.05) is 17.7 Å². The fourth-order valence-corrected chi connectivity index (χ4v) is 3.14. The summed E-state index contributed by atoms with van der Waals surface area (Å²) in [6.45, 7) is 1.78. The minimum Gasteiger partial charge on any atom is -0.495 e. The van der Waals surface area contributed by atoms with Gasteiger partial charge < -0.3 is 20.7 Å². The molecule has 0 fully saturated rings. The molecular formula is C19H21ClFN3O2. The van der Waals surface area contributed by atoms with Crippen molar-refractivity contribution in [1.29, 1.82) is 0 Å². The lowest BCUT2D eigenvalue weighted by atomic mass is 9.99. The maximum atomic E-state index is 14.6. The standard InChI is InChI=1S/C19H21ClFN3O2/c1-26-17-5-3-13(20)10-16(17)23-9-7-18(25)24-15-4-2-12-11-22-8-6-14(12)19(15)21/h2-5,10,22-23H,6-9,11H2,1H3,(H,24,25). The largest absolute Gasteiger partial charge is 0.495 e. The van der Waals surface area contributed by atoms with Gasteiger partial charge in [0.15, 0.2) is 0 Å². The molecule has 138 valence electrons. The Morgan fingerprint density at radius 3 is 2.96 bits per heavy atom. The van der Waals surface area contributed by atoms with Crippen molar-refractivity contribution in [3.05, 3.63) is 52.3 Å². The SMILES string of the molecule is COc1ccc(Cl)cc1NCCC(=O)Nc1ccc2c(c1F)CCNC2. The molecule has 0 aliphatic carbocycles. The summed E-state index contributed by atoms with van der Waals surface area (Å²) < 4.78 is 19.8. The summed E-state index contributed by atoms with van der Waals surface area (Å²) in [4.78, 5) is 12.2. The van der Waals surface area contributed by atoms with E-state index in [1.807, 2.05) is 6.07 Å².